The van der Waals surface area contributed by atoms with E-state index in [1.54, 1.807) is 6.07 Å². The molecule has 3 aromatic rings. The van der Waals surface area contributed by atoms with E-state index in [1.165, 1.54) is 29.5 Å². The number of aromatic nitrogens is 3. The molecule has 6 nitrogen and oxygen atoms in total. The highest BCUT2D eigenvalue weighted by atomic mass is 32.2. The molecule has 1 aromatic heterocycles. The monoisotopic (exact) mass is 428 g/mol. The van der Waals surface area contributed by atoms with Crippen LogP contribution in [0.5, 0.6) is 5.75 Å². The summed E-state index contributed by atoms with van der Waals surface area (Å²) in [6, 6.07) is 12.3. The minimum atomic E-state index is -0.389. The minimum Gasteiger partial charge on any atom is -0.483 e. The molecule has 1 N–H and O–H groups in total. The van der Waals surface area contributed by atoms with Gasteiger partial charge in [0.2, 0.25) is 5.91 Å². The summed E-state index contributed by atoms with van der Waals surface area (Å²) in [7, 11) is 1.84. The van der Waals surface area contributed by atoms with E-state index in [0.717, 1.165) is 17.7 Å². The molecule has 0 aliphatic heterocycles. The SMILES string of the molecule is CCc1ccc(O[C@@H](C)c2nnc(SCC(=O)Nc3cc(F)ccc3C)n2C)cc1. The van der Waals surface area contributed by atoms with E-state index in [1.807, 2.05) is 49.7 Å². The van der Waals surface area contributed by atoms with Gasteiger partial charge in [0.15, 0.2) is 17.1 Å². The normalized spacial score (nSPS) is 11.9. The van der Waals surface area contributed by atoms with Gasteiger partial charge in [0.25, 0.3) is 0 Å². The van der Waals surface area contributed by atoms with Crippen LogP contribution < -0.4 is 10.1 Å². The maximum atomic E-state index is 13.4. The van der Waals surface area contributed by atoms with Crippen molar-refractivity contribution in [2.45, 2.75) is 38.5 Å². The maximum absolute atomic E-state index is 13.4. The number of amides is 1. The molecule has 0 unspecified atom stereocenters. The molecule has 1 atom stereocenters. The third kappa shape index (κ3) is 5.38. The molecule has 0 bridgehead atoms. The first-order valence-electron chi connectivity index (χ1n) is 9.71. The zero-order valence-corrected chi connectivity index (χ0v) is 18.3. The number of aryl methyl sites for hydroxylation is 2. The van der Waals surface area contributed by atoms with E-state index in [9.17, 15) is 9.18 Å². The van der Waals surface area contributed by atoms with Gasteiger partial charge in [-0.25, -0.2) is 4.39 Å². The first-order chi connectivity index (χ1) is 14.4. The molecule has 0 spiro atoms. The highest BCUT2D eigenvalue weighted by Gasteiger charge is 2.18. The van der Waals surface area contributed by atoms with Gasteiger partial charge >= 0.3 is 0 Å². The number of nitrogens with zero attached hydrogens (tertiary/aromatic N) is 3. The number of hydrogen-bond acceptors (Lipinski definition) is 5. The lowest BCUT2D eigenvalue weighted by Gasteiger charge is -2.14. The van der Waals surface area contributed by atoms with E-state index in [-0.39, 0.29) is 23.6 Å². The topological polar surface area (TPSA) is 69.0 Å². The highest BCUT2D eigenvalue weighted by molar-refractivity contribution is 7.99. The van der Waals surface area contributed by atoms with Crippen molar-refractivity contribution in [3.05, 3.63) is 65.2 Å². The number of thioether (sulfide) groups is 1. The van der Waals surface area contributed by atoms with E-state index in [2.05, 4.69) is 22.4 Å². The lowest BCUT2D eigenvalue weighted by Crippen LogP contribution is -2.15. The Morgan fingerprint density at radius 2 is 1.97 bits per heavy atom. The van der Waals surface area contributed by atoms with Crippen LogP contribution >= 0.6 is 11.8 Å². The molecule has 2 aromatic carbocycles. The molecule has 0 aliphatic rings. The average molecular weight is 429 g/mol. The van der Waals surface area contributed by atoms with Gasteiger partial charge in [0.05, 0.1) is 5.75 Å². The Morgan fingerprint density at radius 1 is 1.23 bits per heavy atom. The Kier molecular flexibility index (Phi) is 7.10. The van der Waals surface area contributed by atoms with Crippen LogP contribution in [-0.4, -0.2) is 26.4 Å². The number of carbonyl (C=O) groups excluding carboxylic acids is 1. The van der Waals surface area contributed by atoms with Crippen LogP contribution in [-0.2, 0) is 18.3 Å². The minimum absolute atomic E-state index is 0.135. The van der Waals surface area contributed by atoms with Crippen molar-refractivity contribution in [2.75, 3.05) is 11.1 Å². The molecule has 0 radical (unpaired) electrons. The van der Waals surface area contributed by atoms with Crippen LogP contribution in [0.1, 0.15) is 36.9 Å². The van der Waals surface area contributed by atoms with Crippen molar-refractivity contribution in [2.24, 2.45) is 7.05 Å². The van der Waals surface area contributed by atoms with E-state index in [0.29, 0.717) is 16.7 Å². The largest absolute Gasteiger partial charge is 0.483 e. The van der Waals surface area contributed by atoms with E-state index in [4.69, 9.17) is 4.74 Å². The molecule has 0 fully saturated rings. The third-order valence-electron chi connectivity index (χ3n) is 4.68. The van der Waals surface area contributed by atoms with Gasteiger partial charge in [-0.05, 0) is 55.7 Å². The number of ether oxygens (including phenoxy) is 1. The molecular weight excluding hydrogens is 403 g/mol. The van der Waals surface area contributed by atoms with Gasteiger partial charge in [-0.1, -0.05) is 36.9 Å². The summed E-state index contributed by atoms with van der Waals surface area (Å²) in [5, 5.41) is 11.7. The van der Waals surface area contributed by atoms with Crippen molar-refractivity contribution < 1.29 is 13.9 Å². The van der Waals surface area contributed by atoms with Crippen LogP contribution in [0.2, 0.25) is 0 Å². The molecule has 1 amide bonds. The molecular formula is C22H25FN4O2S. The molecule has 158 valence electrons. The summed E-state index contributed by atoms with van der Waals surface area (Å²) in [4.78, 5) is 12.3. The second-order valence-corrected chi connectivity index (χ2v) is 7.90. The molecule has 0 aliphatic carbocycles. The molecule has 0 saturated carbocycles. The summed E-state index contributed by atoms with van der Waals surface area (Å²) in [6.45, 7) is 5.83. The van der Waals surface area contributed by atoms with Crippen molar-refractivity contribution in [1.29, 1.82) is 0 Å². The van der Waals surface area contributed by atoms with E-state index >= 15 is 0 Å². The Morgan fingerprint density at radius 3 is 2.67 bits per heavy atom. The zero-order chi connectivity index (χ0) is 21.7. The van der Waals surface area contributed by atoms with Crippen LogP contribution in [0, 0.1) is 12.7 Å². The predicted octanol–water partition coefficient (Wildman–Crippen LogP) is 4.70. The standard InChI is InChI=1S/C22H25FN4O2S/c1-5-16-7-10-18(11-8-16)29-15(3)21-25-26-22(27(21)4)30-13-20(28)24-19-12-17(23)9-6-14(19)2/h6-12,15H,5,13H2,1-4H3,(H,24,28)/t15-/m0/s1. The number of halogens is 1. The van der Waals surface area contributed by atoms with Crippen molar-refractivity contribution in [3.63, 3.8) is 0 Å². The van der Waals surface area contributed by atoms with Crippen LogP contribution in [0.15, 0.2) is 47.6 Å². The molecule has 1 heterocycles. The second kappa shape index (κ2) is 9.75. The smallest absolute Gasteiger partial charge is 0.234 e. The highest BCUT2D eigenvalue weighted by Crippen LogP contribution is 2.24. The van der Waals surface area contributed by atoms with E-state index < -0.39 is 0 Å². The molecule has 30 heavy (non-hydrogen) atoms. The van der Waals surface area contributed by atoms with Gasteiger partial charge < -0.3 is 14.6 Å². The summed E-state index contributed by atoms with van der Waals surface area (Å²) in [5.41, 5.74) is 2.52. The number of anilines is 1. The predicted molar refractivity (Wildman–Crippen MR) is 116 cm³/mol. The quantitative estimate of drug-likeness (QED) is 0.527. The average Bonchev–Trinajstić information content (AvgIpc) is 3.10. The number of carbonyl (C=O) groups is 1. The molecule has 0 saturated heterocycles. The third-order valence-corrected chi connectivity index (χ3v) is 5.70. The maximum Gasteiger partial charge on any atom is 0.234 e. The fourth-order valence-electron chi connectivity index (χ4n) is 2.91. The van der Waals surface area contributed by atoms with Crippen molar-refractivity contribution in [1.82, 2.24) is 14.8 Å². The first kappa shape index (κ1) is 21.8. The number of nitrogens with one attached hydrogen (secondary N) is 1. The summed E-state index contributed by atoms with van der Waals surface area (Å²) < 4.78 is 21.2. The fourth-order valence-corrected chi connectivity index (χ4v) is 3.63. The molecule has 8 heteroatoms. The summed E-state index contributed by atoms with van der Waals surface area (Å²) >= 11 is 1.26. The van der Waals surface area contributed by atoms with Crippen LogP contribution in [0.25, 0.3) is 0 Å². The lowest BCUT2D eigenvalue weighted by atomic mass is 10.2. The Hall–Kier alpha value is -2.87. The Bertz CT molecular complexity index is 1020. The lowest BCUT2D eigenvalue weighted by molar-refractivity contribution is -0.113. The van der Waals surface area contributed by atoms with Gasteiger partial charge in [-0.2, -0.15) is 0 Å². The Labute approximate surface area is 179 Å². The number of hydrogen-bond donors (Lipinski definition) is 1. The van der Waals surface area contributed by atoms with Gasteiger partial charge in [-0.3, -0.25) is 4.79 Å². The first-order valence-corrected chi connectivity index (χ1v) is 10.7. The number of rotatable bonds is 8. The summed E-state index contributed by atoms with van der Waals surface area (Å²) in [6.07, 6.45) is 0.680. The fraction of sp³-hybridized carbons (Fsp3) is 0.318. The van der Waals surface area contributed by atoms with Crippen molar-refractivity contribution in [3.8, 4) is 5.75 Å². The van der Waals surface area contributed by atoms with Crippen LogP contribution in [0.4, 0.5) is 10.1 Å². The molecule has 3 rings (SSSR count). The summed E-state index contributed by atoms with van der Waals surface area (Å²) in [5.74, 6) is 0.939. The van der Waals surface area contributed by atoms with Gasteiger partial charge in [0.1, 0.15) is 11.6 Å². The second-order valence-electron chi connectivity index (χ2n) is 6.95. The Balaban J connectivity index is 1.59. The van der Waals surface area contributed by atoms with Crippen molar-refractivity contribution >= 4 is 23.4 Å². The van der Waals surface area contributed by atoms with Crippen LogP contribution in [0.3, 0.4) is 0 Å². The van der Waals surface area contributed by atoms with Gasteiger partial charge in [-0.15, -0.1) is 10.2 Å². The number of benzene rings is 2. The van der Waals surface area contributed by atoms with Gasteiger partial charge in [0, 0.05) is 12.7 Å². The zero-order valence-electron chi connectivity index (χ0n) is 17.5.